The zero-order chi connectivity index (χ0) is 23.5. The second kappa shape index (κ2) is 7.36. The highest BCUT2D eigenvalue weighted by Gasteiger charge is 2.30. The van der Waals surface area contributed by atoms with Gasteiger partial charge in [0.15, 0.2) is 4.90 Å². The van der Waals surface area contributed by atoms with Gasteiger partial charge in [-0.05, 0) is 30.5 Å². The van der Waals surface area contributed by atoms with Gasteiger partial charge in [0.25, 0.3) is 5.69 Å². The van der Waals surface area contributed by atoms with Crippen LogP contribution in [0.1, 0.15) is 29.2 Å². The summed E-state index contributed by atoms with van der Waals surface area (Å²) in [6.07, 6.45) is 2.52. The molecule has 1 aliphatic rings. The van der Waals surface area contributed by atoms with Crippen LogP contribution in [0.3, 0.4) is 0 Å². The van der Waals surface area contributed by atoms with E-state index in [4.69, 9.17) is 16.7 Å². The largest absolute Gasteiger partial charge is 0.477 e. The first-order chi connectivity index (χ1) is 14.9. The van der Waals surface area contributed by atoms with Crippen LogP contribution in [-0.4, -0.2) is 29.0 Å². The monoisotopic (exact) mass is 481 g/mol. The predicted octanol–water partition coefficient (Wildman–Crippen LogP) is 3.05. The number of nitro groups is 1. The molecule has 0 bridgehead atoms. The van der Waals surface area contributed by atoms with Gasteiger partial charge in [0, 0.05) is 23.9 Å². The molecule has 0 amide bonds. The van der Waals surface area contributed by atoms with E-state index in [1.165, 1.54) is 4.57 Å². The number of carbonyl (C=O) groups is 1. The molecule has 2 aromatic carbocycles. The van der Waals surface area contributed by atoms with Crippen LogP contribution in [-0.2, 0) is 10.0 Å². The Morgan fingerprint density at radius 3 is 2.50 bits per heavy atom. The lowest BCUT2D eigenvalue weighted by atomic mass is 10.0. The first-order valence-corrected chi connectivity index (χ1v) is 11.0. The van der Waals surface area contributed by atoms with Crippen molar-refractivity contribution in [3.8, 4) is 11.1 Å². The molecule has 0 unspecified atom stereocenters. The number of hydrogen-bond acceptors (Lipinski definition) is 6. The summed E-state index contributed by atoms with van der Waals surface area (Å²) in [5.41, 5.74) is -2.68. The Balaban J connectivity index is 2.08. The van der Waals surface area contributed by atoms with Gasteiger partial charge in [-0.25, -0.2) is 22.7 Å². The van der Waals surface area contributed by atoms with Crippen molar-refractivity contribution < 1.29 is 27.6 Å². The van der Waals surface area contributed by atoms with E-state index in [-0.39, 0.29) is 33.1 Å². The third-order valence-electron chi connectivity index (χ3n) is 5.13. The van der Waals surface area contributed by atoms with Crippen LogP contribution in [0, 0.1) is 15.9 Å². The Hall–Kier alpha value is -3.35. The number of carboxylic acids is 1. The minimum absolute atomic E-state index is 0.0822. The van der Waals surface area contributed by atoms with E-state index >= 15 is 4.39 Å². The fourth-order valence-corrected chi connectivity index (χ4v) is 4.64. The Kier molecular flexibility index (Phi) is 5.03. The maximum Gasteiger partial charge on any atom is 0.341 e. The highest BCUT2D eigenvalue weighted by atomic mass is 35.5. The maximum atomic E-state index is 15.1. The molecule has 3 N–H and O–H groups in total. The van der Waals surface area contributed by atoms with Crippen molar-refractivity contribution in [3.63, 3.8) is 0 Å². The van der Waals surface area contributed by atoms with Crippen molar-refractivity contribution >= 4 is 44.2 Å². The lowest BCUT2D eigenvalue weighted by Crippen LogP contribution is -2.19. The molecular weight excluding hydrogens is 469 g/mol. The number of halogens is 2. The first kappa shape index (κ1) is 21.9. The Morgan fingerprint density at radius 2 is 1.97 bits per heavy atom. The van der Waals surface area contributed by atoms with E-state index in [0.717, 1.165) is 30.5 Å². The molecule has 3 aromatic rings. The zero-order valence-corrected chi connectivity index (χ0v) is 17.5. The number of primary sulfonamides is 1. The Bertz CT molecular complexity index is 1510. The van der Waals surface area contributed by atoms with Crippen LogP contribution in [0.2, 0.25) is 5.02 Å². The van der Waals surface area contributed by atoms with Crippen LogP contribution in [0.15, 0.2) is 40.2 Å². The second-order valence-electron chi connectivity index (χ2n) is 7.24. The number of benzene rings is 2. The van der Waals surface area contributed by atoms with Gasteiger partial charge in [-0.1, -0.05) is 17.7 Å². The SMILES string of the molecule is NS(=O)(=O)c1ccc(-c2c(F)cc3c(=O)c(C(=O)O)cn(C4CC4)c3c2Cl)cc1[N+](=O)[O-]. The predicted molar refractivity (Wildman–Crippen MR) is 112 cm³/mol. The molecule has 0 radical (unpaired) electrons. The van der Waals surface area contributed by atoms with Crippen molar-refractivity contribution in [2.24, 2.45) is 5.14 Å². The molecule has 1 heterocycles. The number of sulfonamides is 1. The quantitative estimate of drug-likeness (QED) is 0.417. The first-order valence-electron chi connectivity index (χ1n) is 9.03. The minimum atomic E-state index is -4.43. The number of aromatic nitrogens is 1. The summed E-state index contributed by atoms with van der Waals surface area (Å²) in [4.78, 5) is 33.7. The summed E-state index contributed by atoms with van der Waals surface area (Å²) in [5.74, 6) is -2.51. The Morgan fingerprint density at radius 1 is 1.31 bits per heavy atom. The number of nitro benzene ring substituents is 1. The fourth-order valence-electron chi connectivity index (χ4n) is 3.56. The number of hydrogen-bond donors (Lipinski definition) is 2. The summed E-state index contributed by atoms with van der Waals surface area (Å²) < 4.78 is 39.9. The number of nitrogens with two attached hydrogens (primary N) is 1. The van der Waals surface area contributed by atoms with Gasteiger partial charge >= 0.3 is 5.97 Å². The molecule has 0 spiro atoms. The summed E-state index contributed by atoms with van der Waals surface area (Å²) in [6, 6.07) is 3.47. The summed E-state index contributed by atoms with van der Waals surface area (Å²) >= 11 is 6.46. The van der Waals surface area contributed by atoms with Gasteiger partial charge in [-0.15, -0.1) is 0 Å². The van der Waals surface area contributed by atoms with E-state index in [1.807, 2.05) is 0 Å². The average molecular weight is 482 g/mol. The summed E-state index contributed by atoms with van der Waals surface area (Å²) in [7, 11) is -4.43. The standard InChI is InChI=1S/C19H13ClFN3O7S/c20-16-15(8-1-4-14(32(22,30)31)13(5-8)24(28)29)12(21)6-10-17(16)23(9-2-3-9)7-11(18(10)25)19(26)27/h1,4-7,9H,2-3H2,(H,26,27)(H2,22,30,31). The van der Waals surface area contributed by atoms with Crippen molar-refractivity contribution in [1.82, 2.24) is 4.57 Å². The number of aromatic carboxylic acids is 1. The summed E-state index contributed by atoms with van der Waals surface area (Å²) in [6.45, 7) is 0. The van der Waals surface area contributed by atoms with E-state index in [1.54, 1.807) is 0 Å². The van der Waals surface area contributed by atoms with Gasteiger partial charge in [0.05, 0.1) is 20.8 Å². The van der Waals surface area contributed by atoms with Crippen LogP contribution < -0.4 is 10.6 Å². The van der Waals surface area contributed by atoms with E-state index in [0.29, 0.717) is 12.8 Å². The molecule has 1 saturated carbocycles. The third kappa shape index (κ3) is 3.51. The molecule has 0 atom stereocenters. The van der Waals surface area contributed by atoms with Crippen LogP contribution in [0.25, 0.3) is 22.0 Å². The number of nitrogens with zero attached hydrogens (tertiary/aromatic N) is 2. The fraction of sp³-hybridized carbons (Fsp3) is 0.158. The normalized spacial score (nSPS) is 14.0. The van der Waals surface area contributed by atoms with Crippen molar-refractivity contribution in [2.45, 2.75) is 23.8 Å². The van der Waals surface area contributed by atoms with Crippen LogP contribution in [0.4, 0.5) is 10.1 Å². The molecule has 13 heteroatoms. The van der Waals surface area contributed by atoms with Gasteiger partial charge in [-0.3, -0.25) is 14.9 Å². The van der Waals surface area contributed by atoms with E-state index in [9.17, 15) is 33.2 Å². The molecule has 0 aliphatic heterocycles. The molecule has 10 nitrogen and oxygen atoms in total. The van der Waals surface area contributed by atoms with Crippen LogP contribution >= 0.6 is 11.6 Å². The van der Waals surface area contributed by atoms with E-state index < -0.39 is 48.3 Å². The zero-order valence-electron chi connectivity index (χ0n) is 15.9. The topological polar surface area (TPSA) is 163 Å². The maximum absolute atomic E-state index is 15.1. The molecule has 0 saturated heterocycles. The lowest BCUT2D eigenvalue weighted by molar-refractivity contribution is -0.387. The number of carboxylic acid groups (broad SMARTS) is 1. The van der Waals surface area contributed by atoms with Gasteiger partial charge in [0.1, 0.15) is 11.4 Å². The molecule has 32 heavy (non-hydrogen) atoms. The second-order valence-corrected chi connectivity index (χ2v) is 9.15. The minimum Gasteiger partial charge on any atom is -0.477 e. The third-order valence-corrected chi connectivity index (χ3v) is 6.46. The van der Waals surface area contributed by atoms with Gasteiger partial charge in [-0.2, -0.15) is 0 Å². The summed E-state index contributed by atoms with van der Waals surface area (Å²) in [5, 5.41) is 25.2. The number of fused-ring (bicyclic) bond motifs is 1. The van der Waals surface area contributed by atoms with Crippen molar-refractivity contribution in [3.05, 3.63) is 67.2 Å². The average Bonchev–Trinajstić information content (AvgIpc) is 3.52. The molecule has 1 aromatic heterocycles. The Labute approximate surface area is 183 Å². The van der Waals surface area contributed by atoms with Gasteiger partial charge in [0.2, 0.25) is 15.5 Å². The molecule has 166 valence electrons. The van der Waals surface area contributed by atoms with Crippen LogP contribution in [0.5, 0.6) is 0 Å². The highest BCUT2D eigenvalue weighted by Crippen LogP contribution is 2.43. The lowest BCUT2D eigenvalue weighted by Gasteiger charge is -2.16. The number of pyridine rings is 1. The molecule has 1 fully saturated rings. The molecular formula is C19H13ClFN3O7S. The highest BCUT2D eigenvalue weighted by molar-refractivity contribution is 7.89. The number of rotatable bonds is 5. The molecule has 1 aliphatic carbocycles. The van der Waals surface area contributed by atoms with Gasteiger partial charge < -0.3 is 9.67 Å². The van der Waals surface area contributed by atoms with Crippen molar-refractivity contribution in [1.29, 1.82) is 0 Å². The smallest absolute Gasteiger partial charge is 0.341 e. The molecule has 4 rings (SSSR count). The van der Waals surface area contributed by atoms with Crippen molar-refractivity contribution in [2.75, 3.05) is 0 Å². The van der Waals surface area contributed by atoms with E-state index in [2.05, 4.69) is 0 Å².